The number of amides is 1. The molecule has 1 amide bonds. The summed E-state index contributed by atoms with van der Waals surface area (Å²) in [6, 6.07) is 6.06. The van der Waals surface area contributed by atoms with Gasteiger partial charge in [-0.15, -0.1) is 0 Å². The van der Waals surface area contributed by atoms with E-state index >= 15 is 0 Å². The minimum absolute atomic E-state index is 0.0173. The third-order valence-electron chi connectivity index (χ3n) is 6.45. The zero-order valence-electron chi connectivity index (χ0n) is 19.0. The van der Waals surface area contributed by atoms with Crippen LogP contribution in [0.1, 0.15) is 55.4 Å². The van der Waals surface area contributed by atoms with Gasteiger partial charge in [0.05, 0.1) is 18.3 Å². The highest BCUT2D eigenvalue weighted by atomic mass is 16.5. The van der Waals surface area contributed by atoms with E-state index in [2.05, 4.69) is 30.5 Å². The number of ether oxygens (including phenoxy) is 2. The zero-order chi connectivity index (χ0) is 22.3. The number of para-hydroxylation sites is 1. The van der Waals surface area contributed by atoms with Crippen LogP contribution in [-0.4, -0.2) is 53.1 Å². The number of hydrogen-bond acceptors (Lipinski definition) is 7. The Hall–Kier alpha value is -2.87. The molecular formula is C24H31N5O3. The van der Waals surface area contributed by atoms with E-state index in [4.69, 9.17) is 19.4 Å². The fraction of sp³-hybridized carbons (Fsp3) is 0.542. The molecule has 170 valence electrons. The van der Waals surface area contributed by atoms with Crippen LogP contribution in [-0.2, 0) is 24.2 Å². The van der Waals surface area contributed by atoms with Crippen LogP contribution in [0.4, 0.5) is 5.82 Å². The van der Waals surface area contributed by atoms with E-state index < -0.39 is 0 Å². The molecule has 0 aliphatic carbocycles. The highest BCUT2D eigenvalue weighted by Crippen LogP contribution is 2.41. The molecule has 3 aliphatic heterocycles. The van der Waals surface area contributed by atoms with Crippen molar-refractivity contribution in [2.24, 2.45) is 0 Å². The minimum atomic E-state index is -0.251. The molecule has 32 heavy (non-hydrogen) atoms. The number of aromatic nitrogens is 2. The Bertz CT molecular complexity index is 1030. The molecule has 4 heterocycles. The number of benzene rings is 1. The predicted molar refractivity (Wildman–Crippen MR) is 121 cm³/mol. The van der Waals surface area contributed by atoms with E-state index in [-0.39, 0.29) is 24.2 Å². The van der Waals surface area contributed by atoms with Crippen molar-refractivity contribution < 1.29 is 14.3 Å². The van der Waals surface area contributed by atoms with Gasteiger partial charge < -0.3 is 25.0 Å². The first-order valence-electron chi connectivity index (χ1n) is 11.5. The normalized spacial score (nSPS) is 21.0. The smallest absolute Gasteiger partial charge is 0.260 e. The molecular weight excluding hydrogens is 406 g/mol. The van der Waals surface area contributed by atoms with Gasteiger partial charge in [0.2, 0.25) is 0 Å². The van der Waals surface area contributed by atoms with Crippen LogP contribution in [0.3, 0.4) is 0 Å². The number of carbonyl (C=O) groups excluding carboxylic acids is 1. The number of carbonyl (C=O) groups is 1. The summed E-state index contributed by atoms with van der Waals surface area (Å²) >= 11 is 0. The molecule has 1 aromatic heterocycles. The lowest BCUT2D eigenvalue weighted by Crippen LogP contribution is -2.40. The van der Waals surface area contributed by atoms with Crippen molar-refractivity contribution in [3.8, 4) is 11.5 Å². The van der Waals surface area contributed by atoms with Gasteiger partial charge in [0.25, 0.3) is 5.91 Å². The summed E-state index contributed by atoms with van der Waals surface area (Å²) < 4.78 is 12.0. The van der Waals surface area contributed by atoms with Gasteiger partial charge in [-0.3, -0.25) is 4.79 Å². The van der Waals surface area contributed by atoms with Crippen molar-refractivity contribution in [2.75, 3.05) is 32.1 Å². The van der Waals surface area contributed by atoms with E-state index in [9.17, 15) is 4.79 Å². The molecule has 5 rings (SSSR count). The quantitative estimate of drug-likeness (QED) is 0.743. The maximum absolute atomic E-state index is 13.0. The zero-order valence-corrected chi connectivity index (χ0v) is 19.0. The largest absolute Gasteiger partial charge is 0.483 e. The molecule has 1 fully saturated rings. The van der Waals surface area contributed by atoms with Crippen LogP contribution in [0.15, 0.2) is 18.2 Å². The summed E-state index contributed by atoms with van der Waals surface area (Å²) in [5, 5.41) is 6.68. The van der Waals surface area contributed by atoms with Crippen LogP contribution >= 0.6 is 0 Å². The Morgan fingerprint density at radius 2 is 2.25 bits per heavy atom. The Kier molecular flexibility index (Phi) is 5.41. The van der Waals surface area contributed by atoms with Crippen LogP contribution < -0.4 is 20.1 Å². The van der Waals surface area contributed by atoms with Gasteiger partial charge in [-0.05, 0) is 45.7 Å². The van der Waals surface area contributed by atoms with Gasteiger partial charge in [0.1, 0.15) is 17.2 Å². The summed E-state index contributed by atoms with van der Waals surface area (Å²) in [4.78, 5) is 24.4. The lowest BCUT2D eigenvalue weighted by Gasteiger charge is -2.30. The summed E-state index contributed by atoms with van der Waals surface area (Å²) in [5.41, 5.74) is 2.91. The van der Waals surface area contributed by atoms with Gasteiger partial charge in [0.15, 0.2) is 18.1 Å². The molecule has 2 N–H and O–H groups in total. The maximum atomic E-state index is 13.0. The Balaban J connectivity index is 1.28. The molecule has 0 saturated carbocycles. The third kappa shape index (κ3) is 3.99. The first-order valence-corrected chi connectivity index (χ1v) is 11.5. The highest BCUT2D eigenvalue weighted by Gasteiger charge is 2.33. The molecule has 0 bridgehead atoms. The monoisotopic (exact) mass is 437 g/mol. The number of nitrogens with one attached hydrogen (secondary N) is 2. The summed E-state index contributed by atoms with van der Waals surface area (Å²) in [6.07, 6.45) is 3.74. The van der Waals surface area contributed by atoms with Crippen molar-refractivity contribution >= 4 is 11.7 Å². The number of nitrogens with zero attached hydrogens (tertiary/aromatic N) is 3. The SMILES string of the molecule is CNc1nc([C@H]2CCCN2)nc2c1CCN(C(=O)COc1cccc3c1OC(C)(C)C3)C2. The third-order valence-corrected chi connectivity index (χ3v) is 6.45. The van der Waals surface area contributed by atoms with Crippen LogP contribution in [0.5, 0.6) is 11.5 Å². The van der Waals surface area contributed by atoms with Crippen molar-refractivity contribution in [1.29, 1.82) is 0 Å². The second-order valence-electron chi connectivity index (χ2n) is 9.39. The number of rotatable bonds is 5. The molecule has 2 aromatic rings. The van der Waals surface area contributed by atoms with Crippen molar-refractivity contribution in [1.82, 2.24) is 20.2 Å². The molecule has 8 heteroatoms. The molecule has 0 radical (unpaired) electrons. The fourth-order valence-electron chi connectivity index (χ4n) is 4.86. The fourth-order valence-corrected chi connectivity index (χ4v) is 4.86. The van der Waals surface area contributed by atoms with Crippen molar-refractivity contribution in [3.05, 3.63) is 40.8 Å². The van der Waals surface area contributed by atoms with Crippen molar-refractivity contribution in [2.45, 2.75) is 57.7 Å². The molecule has 3 aliphatic rings. The number of fused-ring (bicyclic) bond motifs is 2. The van der Waals surface area contributed by atoms with E-state index in [1.807, 2.05) is 24.1 Å². The van der Waals surface area contributed by atoms with E-state index in [1.165, 1.54) is 0 Å². The molecule has 1 saturated heterocycles. The summed E-state index contributed by atoms with van der Waals surface area (Å²) in [6.45, 7) is 6.20. The standard InChI is InChI=1S/C24H31N5O3/c1-24(2)12-15-6-4-8-19(21(15)32-24)31-14-20(30)29-11-9-16-18(13-29)27-23(28-22(16)25-3)17-7-5-10-26-17/h4,6,8,17,26H,5,7,9-14H2,1-3H3,(H,25,27,28)/t17-/m1/s1. The van der Waals surface area contributed by atoms with E-state index in [0.717, 1.165) is 66.4 Å². The van der Waals surface area contributed by atoms with Gasteiger partial charge in [-0.2, -0.15) is 0 Å². The average Bonchev–Trinajstić information content (AvgIpc) is 3.43. The Labute approximate surface area is 188 Å². The van der Waals surface area contributed by atoms with Gasteiger partial charge >= 0.3 is 0 Å². The highest BCUT2D eigenvalue weighted by molar-refractivity contribution is 5.78. The van der Waals surface area contributed by atoms with Crippen molar-refractivity contribution in [3.63, 3.8) is 0 Å². The van der Waals surface area contributed by atoms with E-state index in [1.54, 1.807) is 0 Å². The van der Waals surface area contributed by atoms with E-state index in [0.29, 0.717) is 18.8 Å². The van der Waals surface area contributed by atoms with Gasteiger partial charge in [-0.1, -0.05) is 12.1 Å². The van der Waals surface area contributed by atoms with Crippen LogP contribution in [0.2, 0.25) is 0 Å². The molecule has 1 atom stereocenters. The first-order chi connectivity index (χ1) is 15.4. The molecule has 1 aromatic carbocycles. The summed E-state index contributed by atoms with van der Waals surface area (Å²) in [5.74, 6) is 3.04. The predicted octanol–water partition coefficient (Wildman–Crippen LogP) is 2.62. The molecule has 0 unspecified atom stereocenters. The second kappa shape index (κ2) is 8.24. The lowest BCUT2D eigenvalue weighted by atomic mass is 10.0. The second-order valence-corrected chi connectivity index (χ2v) is 9.39. The maximum Gasteiger partial charge on any atom is 0.260 e. The Morgan fingerprint density at radius 1 is 1.38 bits per heavy atom. The lowest BCUT2D eigenvalue weighted by molar-refractivity contribution is -0.134. The minimum Gasteiger partial charge on any atom is -0.483 e. The molecule has 0 spiro atoms. The average molecular weight is 438 g/mol. The molecule has 8 nitrogen and oxygen atoms in total. The first kappa shape index (κ1) is 21.0. The number of hydrogen-bond donors (Lipinski definition) is 2. The summed E-state index contributed by atoms with van der Waals surface area (Å²) in [7, 11) is 1.89. The number of anilines is 1. The van der Waals surface area contributed by atoms with Crippen LogP contribution in [0.25, 0.3) is 0 Å². The van der Waals surface area contributed by atoms with Gasteiger partial charge in [0, 0.05) is 31.1 Å². The Morgan fingerprint density at radius 3 is 3.03 bits per heavy atom. The van der Waals surface area contributed by atoms with Gasteiger partial charge in [-0.25, -0.2) is 9.97 Å². The van der Waals surface area contributed by atoms with Crippen LogP contribution in [0, 0.1) is 0 Å². The topological polar surface area (TPSA) is 88.6 Å².